The molecule has 7 heteroatoms. The highest BCUT2D eigenvalue weighted by atomic mass is 32.2. The van der Waals surface area contributed by atoms with Gasteiger partial charge in [0.1, 0.15) is 5.01 Å². The molecule has 3 aromatic rings. The van der Waals surface area contributed by atoms with E-state index < -0.39 is 0 Å². The van der Waals surface area contributed by atoms with E-state index in [-0.39, 0.29) is 0 Å². The minimum Gasteiger partial charge on any atom is -0.377 e. The number of ether oxygens (including phenoxy) is 1. The Morgan fingerprint density at radius 1 is 1.15 bits per heavy atom. The van der Waals surface area contributed by atoms with Gasteiger partial charge in [0.25, 0.3) is 0 Å². The molecule has 2 aromatic heterocycles. The van der Waals surface area contributed by atoms with E-state index in [1.807, 2.05) is 18.2 Å². The maximum atomic E-state index is 5.04. The van der Waals surface area contributed by atoms with Gasteiger partial charge in [0.05, 0.1) is 12.3 Å². The highest BCUT2D eigenvalue weighted by Crippen LogP contribution is 2.34. The highest BCUT2D eigenvalue weighted by Gasteiger charge is 2.10. The van der Waals surface area contributed by atoms with E-state index in [0.29, 0.717) is 6.61 Å². The van der Waals surface area contributed by atoms with Crippen molar-refractivity contribution in [3.8, 4) is 11.3 Å². The van der Waals surface area contributed by atoms with Crippen molar-refractivity contribution in [2.24, 2.45) is 0 Å². The van der Waals surface area contributed by atoms with Crippen molar-refractivity contribution in [2.75, 3.05) is 7.11 Å². The molecule has 0 spiro atoms. The molecule has 3 rings (SSSR count). The smallest absolute Gasteiger partial charge is 0.181 e. The number of aromatic nitrogens is 3. The number of hydrogen-bond donors (Lipinski definition) is 0. The molecule has 0 fully saturated rings. The second-order valence-corrected chi connectivity index (χ2v) is 7.28. The third-order valence-corrected chi connectivity index (χ3v) is 5.33. The molecule has 0 atom stereocenters. The predicted octanol–water partition coefficient (Wildman–Crippen LogP) is 3.96. The van der Waals surface area contributed by atoms with Crippen molar-refractivity contribution in [2.45, 2.75) is 15.3 Å². The van der Waals surface area contributed by atoms with Gasteiger partial charge in [-0.1, -0.05) is 41.7 Å². The number of benzene rings is 1. The molecule has 2 heterocycles. The summed E-state index contributed by atoms with van der Waals surface area (Å²) in [5.74, 6) is 0. The van der Waals surface area contributed by atoms with Crippen LogP contribution in [0.5, 0.6) is 0 Å². The van der Waals surface area contributed by atoms with Crippen molar-refractivity contribution in [1.29, 1.82) is 0 Å². The molecule has 20 heavy (non-hydrogen) atoms. The average Bonchev–Trinajstić information content (AvgIpc) is 3.11. The summed E-state index contributed by atoms with van der Waals surface area (Å²) in [7, 11) is 1.65. The largest absolute Gasteiger partial charge is 0.377 e. The summed E-state index contributed by atoms with van der Waals surface area (Å²) < 4.78 is 6.91. The van der Waals surface area contributed by atoms with Crippen molar-refractivity contribution in [1.82, 2.24) is 15.2 Å². The summed E-state index contributed by atoms with van der Waals surface area (Å²) in [6, 6.07) is 10.2. The summed E-state index contributed by atoms with van der Waals surface area (Å²) >= 11 is 4.71. The zero-order valence-electron chi connectivity index (χ0n) is 10.6. The number of thiazole rings is 1. The maximum Gasteiger partial charge on any atom is 0.181 e. The number of rotatable bonds is 5. The quantitative estimate of drug-likeness (QED) is 0.712. The fourth-order valence-corrected chi connectivity index (χ4v) is 4.47. The molecule has 0 radical (unpaired) electrons. The lowest BCUT2D eigenvalue weighted by atomic mass is 10.2. The second kappa shape index (κ2) is 6.45. The lowest BCUT2D eigenvalue weighted by Gasteiger charge is -1.93. The van der Waals surface area contributed by atoms with Crippen LogP contribution in [0, 0.1) is 0 Å². The molecule has 0 aliphatic heterocycles. The van der Waals surface area contributed by atoms with Crippen LogP contribution in [0.4, 0.5) is 0 Å². The summed E-state index contributed by atoms with van der Waals surface area (Å²) in [4.78, 5) is 4.62. The Morgan fingerprint density at radius 2 is 2.00 bits per heavy atom. The molecule has 0 unspecified atom stereocenters. The van der Waals surface area contributed by atoms with E-state index in [1.54, 1.807) is 30.2 Å². The standard InChI is InChI=1S/C13H11N3OS3/c1-17-7-11-15-16-13(19-11)20-12-14-10(8-18-12)9-5-3-2-4-6-9/h2-6,8H,7H2,1H3. The predicted molar refractivity (Wildman–Crippen MR) is 82.3 cm³/mol. The Labute approximate surface area is 128 Å². The first-order valence-corrected chi connectivity index (χ1v) is 8.36. The van der Waals surface area contributed by atoms with E-state index in [0.717, 1.165) is 24.9 Å². The van der Waals surface area contributed by atoms with E-state index in [2.05, 4.69) is 32.7 Å². The summed E-state index contributed by atoms with van der Waals surface area (Å²) in [6.07, 6.45) is 0. The van der Waals surface area contributed by atoms with Crippen LogP contribution in [0.1, 0.15) is 5.01 Å². The fraction of sp³-hybridized carbons (Fsp3) is 0.154. The molecule has 0 amide bonds. The van der Waals surface area contributed by atoms with Crippen LogP contribution in [-0.2, 0) is 11.3 Å². The van der Waals surface area contributed by atoms with Crippen LogP contribution in [-0.4, -0.2) is 22.3 Å². The van der Waals surface area contributed by atoms with Gasteiger partial charge < -0.3 is 4.74 Å². The van der Waals surface area contributed by atoms with Gasteiger partial charge in [0.2, 0.25) is 0 Å². The average molecular weight is 321 g/mol. The lowest BCUT2D eigenvalue weighted by Crippen LogP contribution is -1.84. The minimum absolute atomic E-state index is 0.505. The summed E-state index contributed by atoms with van der Waals surface area (Å²) in [5.41, 5.74) is 2.13. The summed E-state index contributed by atoms with van der Waals surface area (Å²) in [6.45, 7) is 0.505. The zero-order chi connectivity index (χ0) is 13.8. The molecule has 1 aromatic carbocycles. The van der Waals surface area contributed by atoms with Crippen molar-refractivity contribution in [3.63, 3.8) is 0 Å². The molecule has 0 bridgehead atoms. The van der Waals surface area contributed by atoms with Crippen LogP contribution < -0.4 is 0 Å². The van der Waals surface area contributed by atoms with Gasteiger partial charge >= 0.3 is 0 Å². The lowest BCUT2D eigenvalue weighted by molar-refractivity contribution is 0.184. The first kappa shape index (κ1) is 13.7. The van der Waals surface area contributed by atoms with Crippen LogP contribution in [0.25, 0.3) is 11.3 Å². The number of hydrogen-bond acceptors (Lipinski definition) is 7. The van der Waals surface area contributed by atoms with Gasteiger partial charge in [-0.2, -0.15) is 0 Å². The van der Waals surface area contributed by atoms with E-state index in [9.17, 15) is 0 Å². The van der Waals surface area contributed by atoms with Gasteiger partial charge in [-0.05, 0) is 11.8 Å². The Kier molecular flexibility index (Phi) is 4.41. The fourth-order valence-electron chi connectivity index (χ4n) is 1.58. The SMILES string of the molecule is COCc1nnc(Sc2nc(-c3ccccc3)cs2)s1. The first-order chi connectivity index (χ1) is 9.85. The normalized spacial score (nSPS) is 10.8. The molecular weight excluding hydrogens is 310 g/mol. The highest BCUT2D eigenvalue weighted by molar-refractivity contribution is 8.02. The molecular formula is C13H11N3OS3. The molecule has 4 nitrogen and oxygen atoms in total. The Balaban J connectivity index is 1.73. The zero-order valence-corrected chi connectivity index (χ0v) is 13.1. The van der Waals surface area contributed by atoms with E-state index >= 15 is 0 Å². The molecule has 0 aliphatic carbocycles. The van der Waals surface area contributed by atoms with E-state index in [4.69, 9.17) is 4.74 Å². The molecule has 0 aliphatic rings. The molecule has 0 N–H and O–H groups in total. The van der Waals surface area contributed by atoms with Gasteiger partial charge in [-0.3, -0.25) is 0 Å². The van der Waals surface area contributed by atoms with Gasteiger partial charge in [-0.25, -0.2) is 4.98 Å². The third-order valence-electron chi connectivity index (χ3n) is 2.44. The Hall–Kier alpha value is -1.28. The minimum atomic E-state index is 0.505. The monoisotopic (exact) mass is 321 g/mol. The second-order valence-electron chi connectivity index (χ2n) is 3.86. The number of methoxy groups -OCH3 is 1. The topological polar surface area (TPSA) is 47.9 Å². The van der Waals surface area contributed by atoms with Crippen molar-refractivity contribution >= 4 is 34.4 Å². The van der Waals surface area contributed by atoms with Gasteiger partial charge in [-0.15, -0.1) is 21.5 Å². The molecule has 0 saturated carbocycles. The maximum absolute atomic E-state index is 5.04. The van der Waals surface area contributed by atoms with Crippen LogP contribution >= 0.6 is 34.4 Å². The Morgan fingerprint density at radius 3 is 2.80 bits per heavy atom. The summed E-state index contributed by atoms with van der Waals surface area (Å²) in [5, 5.41) is 11.1. The van der Waals surface area contributed by atoms with Crippen LogP contribution in [0.3, 0.4) is 0 Å². The van der Waals surface area contributed by atoms with Crippen molar-refractivity contribution in [3.05, 3.63) is 40.7 Å². The van der Waals surface area contributed by atoms with Crippen molar-refractivity contribution < 1.29 is 4.74 Å². The number of nitrogens with zero attached hydrogens (tertiary/aromatic N) is 3. The van der Waals surface area contributed by atoms with Gasteiger partial charge in [0, 0.05) is 18.1 Å². The Bertz CT molecular complexity index is 681. The third kappa shape index (κ3) is 3.24. The molecule has 0 saturated heterocycles. The first-order valence-electron chi connectivity index (χ1n) is 5.85. The molecule has 102 valence electrons. The van der Waals surface area contributed by atoms with Gasteiger partial charge in [0.15, 0.2) is 8.68 Å². The van der Waals surface area contributed by atoms with Crippen LogP contribution in [0.15, 0.2) is 44.4 Å². The van der Waals surface area contributed by atoms with E-state index in [1.165, 1.54) is 11.3 Å². The van der Waals surface area contributed by atoms with Crippen LogP contribution in [0.2, 0.25) is 0 Å².